The first-order valence-electron chi connectivity index (χ1n) is 7.72. The third-order valence-corrected chi connectivity index (χ3v) is 4.50. The minimum absolute atomic E-state index is 0.0871. The second kappa shape index (κ2) is 6.90. The highest BCUT2D eigenvalue weighted by molar-refractivity contribution is 5.81. The normalized spacial score (nSPS) is 27.6. The number of hydrogen-bond acceptors (Lipinski definition) is 4. The van der Waals surface area contributed by atoms with E-state index in [2.05, 4.69) is 45.1 Å². The van der Waals surface area contributed by atoms with E-state index >= 15 is 0 Å². The van der Waals surface area contributed by atoms with Crippen molar-refractivity contribution in [3.05, 3.63) is 0 Å². The van der Waals surface area contributed by atoms with Gasteiger partial charge < -0.3 is 15.0 Å². The van der Waals surface area contributed by atoms with Crippen molar-refractivity contribution < 1.29 is 9.53 Å². The number of carbonyl (C=O) groups is 1. The lowest BCUT2D eigenvalue weighted by Crippen LogP contribution is -2.63. The first-order chi connectivity index (χ1) is 9.24. The summed E-state index contributed by atoms with van der Waals surface area (Å²) in [5, 5.41) is 3.56. The highest BCUT2D eigenvalue weighted by Gasteiger charge is 2.51. The summed E-state index contributed by atoms with van der Waals surface area (Å²) >= 11 is 0. The Labute approximate surface area is 124 Å². The van der Waals surface area contributed by atoms with Crippen LogP contribution in [0.1, 0.15) is 46.5 Å². The average Bonchev–Trinajstić information content (AvgIpc) is 2.36. The highest BCUT2D eigenvalue weighted by Crippen LogP contribution is 2.45. The minimum Gasteiger partial charge on any atom is -0.468 e. The Kier molecular flexibility index (Phi) is 6.02. The molecule has 0 saturated heterocycles. The summed E-state index contributed by atoms with van der Waals surface area (Å²) in [4.78, 5) is 14.7. The molecule has 2 atom stereocenters. The molecule has 1 aliphatic rings. The van der Waals surface area contributed by atoms with Crippen LogP contribution in [0.4, 0.5) is 0 Å². The standard InChI is InChI=1S/C16H32N2O2/c1-15(2,3)13-9-7-8-10-16(13,14(19)20-6)17-11-12-18(4)5/h13,17H,7-12H2,1-6H3. The number of carbonyl (C=O) groups excluding carboxylic acids is 1. The molecule has 1 N–H and O–H groups in total. The Bertz CT molecular complexity index is 323. The SMILES string of the molecule is COC(=O)C1(NCCN(C)C)CCCCC1C(C)(C)C. The Morgan fingerprint density at radius 3 is 2.50 bits per heavy atom. The fraction of sp³-hybridized carbons (Fsp3) is 0.938. The Morgan fingerprint density at radius 2 is 2.00 bits per heavy atom. The second-order valence-corrected chi connectivity index (χ2v) is 7.36. The van der Waals surface area contributed by atoms with Gasteiger partial charge in [0.05, 0.1) is 7.11 Å². The van der Waals surface area contributed by atoms with Gasteiger partial charge in [-0.15, -0.1) is 0 Å². The highest BCUT2D eigenvalue weighted by atomic mass is 16.5. The smallest absolute Gasteiger partial charge is 0.326 e. The van der Waals surface area contributed by atoms with Crippen LogP contribution in [0.15, 0.2) is 0 Å². The third-order valence-electron chi connectivity index (χ3n) is 4.50. The van der Waals surface area contributed by atoms with Gasteiger partial charge in [-0.05, 0) is 38.3 Å². The predicted molar refractivity (Wildman–Crippen MR) is 82.7 cm³/mol. The van der Waals surface area contributed by atoms with Crippen molar-refractivity contribution in [3.63, 3.8) is 0 Å². The quantitative estimate of drug-likeness (QED) is 0.787. The Hall–Kier alpha value is -0.610. The van der Waals surface area contributed by atoms with Gasteiger partial charge >= 0.3 is 5.97 Å². The average molecular weight is 284 g/mol. The summed E-state index contributed by atoms with van der Waals surface area (Å²) in [6, 6.07) is 0. The zero-order valence-electron chi connectivity index (χ0n) is 14.1. The lowest BCUT2D eigenvalue weighted by Gasteiger charge is -2.48. The number of nitrogens with zero attached hydrogens (tertiary/aromatic N) is 1. The molecule has 1 aliphatic carbocycles. The van der Waals surface area contributed by atoms with Gasteiger partial charge in [0.1, 0.15) is 5.54 Å². The Balaban J connectivity index is 2.97. The predicted octanol–water partition coefficient (Wildman–Crippen LogP) is 2.29. The molecule has 4 nitrogen and oxygen atoms in total. The third kappa shape index (κ3) is 3.95. The molecule has 0 heterocycles. The van der Waals surface area contributed by atoms with Gasteiger partial charge in [0.2, 0.25) is 0 Å². The number of methoxy groups -OCH3 is 1. The van der Waals surface area contributed by atoms with Gasteiger partial charge in [-0.25, -0.2) is 0 Å². The van der Waals surface area contributed by atoms with E-state index in [-0.39, 0.29) is 11.4 Å². The van der Waals surface area contributed by atoms with Crippen molar-refractivity contribution in [2.45, 2.75) is 52.0 Å². The lowest BCUT2D eigenvalue weighted by molar-refractivity contribution is -0.156. The number of nitrogens with one attached hydrogen (secondary N) is 1. The molecule has 1 saturated carbocycles. The van der Waals surface area contributed by atoms with Crippen LogP contribution in [0.3, 0.4) is 0 Å². The first-order valence-corrected chi connectivity index (χ1v) is 7.72. The van der Waals surface area contributed by atoms with Crippen LogP contribution in [-0.4, -0.2) is 50.7 Å². The molecule has 0 aromatic heterocycles. The number of hydrogen-bond donors (Lipinski definition) is 1. The second-order valence-electron chi connectivity index (χ2n) is 7.36. The molecule has 20 heavy (non-hydrogen) atoms. The number of esters is 1. The maximum absolute atomic E-state index is 12.5. The van der Waals surface area contributed by atoms with Crippen molar-refractivity contribution in [3.8, 4) is 0 Å². The minimum atomic E-state index is -0.513. The maximum atomic E-state index is 12.5. The maximum Gasteiger partial charge on any atom is 0.326 e. The topological polar surface area (TPSA) is 41.6 Å². The molecule has 1 fully saturated rings. The molecule has 0 aromatic rings. The summed E-state index contributed by atoms with van der Waals surface area (Å²) in [6.45, 7) is 8.43. The molecule has 2 unspecified atom stereocenters. The van der Waals surface area contributed by atoms with Crippen LogP contribution in [0, 0.1) is 11.3 Å². The molecular formula is C16H32N2O2. The molecule has 0 aromatic carbocycles. The zero-order chi connectivity index (χ0) is 15.4. The van der Waals surface area contributed by atoms with E-state index in [0.29, 0.717) is 5.92 Å². The van der Waals surface area contributed by atoms with E-state index in [1.165, 1.54) is 13.5 Å². The van der Waals surface area contributed by atoms with Crippen LogP contribution < -0.4 is 5.32 Å². The molecular weight excluding hydrogens is 252 g/mol. The van der Waals surface area contributed by atoms with Crippen molar-refractivity contribution in [2.24, 2.45) is 11.3 Å². The van der Waals surface area contributed by atoms with Crippen LogP contribution in [0.5, 0.6) is 0 Å². The van der Waals surface area contributed by atoms with Gasteiger partial charge in [0.15, 0.2) is 0 Å². The summed E-state index contributed by atoms with van der Waals surface area (Å²) < 4.78 is 5.16. The van der Waals surface area contributed by atoms with Crippen molar-refractivity contribution >= 4 is 5.97 Å². The first kappa shape index (κ1) is 17.4. The number of likely N-dealkylation sites (N-methyl/N-ethyl adjacent to an activating group) is 1. The summed E-state index contributed by atoms with van der Waals surface area (Å²) in [6.07, 6.45) is 4.27. The van der Waals surface area contributed by atoms with Crippen LogP contribution in [-0.2, 0) is 9.53 Å². The van der Waals surface area contributed by atoms with E-state index in [4.69, 9.17) is 4.74 Å². The fourth-order valence-corrected chi connectivity index (χ4v) is 3.56. The van der Waals surface area contributed by atoms with E-state index < -0.39 is 5.54 Å². The van der Waals surface area contributed by atoms with Crippen molar-refractivity contribution in [1.82, 2.24) is 10.2 Å². The molecule has 118 valence electrons. The summed E-state index contributed by atoms with van der Waals surface area (Å²) in [5.41, 5.74) is -0.416. The van der Waals surface area contributed by atoms with Gasteiger partial charge in [-0.1, -0.05) is 33.6 Å². The van der Waals surface area contributed by atoms with Gasteiger partial charge in [-0.2, -0.15) is 0 Å². The number of ether oxygens (including phenoxy) is 1. The number of rotatable bonds is 5. The van der Waals surface area contributed by atoms with Crippen LogP contribution in [0.25, 0.3) is 0 Å². The van der Waals surface area contributed by atoms with Crippen LogP contribution >= 0.6 is 0 Å². The Morgan fingerprint density at radius 1 is 1.35 bits per heavy atom. The van der Waals surface area contributed by atoms with Gasteiger partial charge in [0.25, 0.3) is 0 Å². The van der Waals surface area contributed by atoms with E-state index in [9.17, 15) is 4.79 Å². The molecule has 0 bridgehead atoms. The fourth-order valence-electron chi connectivity index (χ4n) is 3.56. The summed E-state index contributed by atoms with van der Waals surface area (Å²) in [7, 11) is 5.61. The largest absolute Gasteiger partial charge is 0.468 e. The lowest BCUT2D eigenvalue weighted by atomic mass is 9.62. The molecule has 1 rings (SSSR count). The molecule has 0 radical (unpaired) electrons. The van der Waals surface area contributed by atoms with E-state index in [1.807, 2.05) is 0 Å². The van der Waals surface area contributed by atoms with Crippen molar-refractivity contribution in [2.75, 3.05) is 34.3 Å². The molecule has 0 spiro atoms. The van der Waals surface area contributed by atoms with Crippen LogP contribution in [0.2, 0.25) is 0 Å². The molecule has 0 amide bonds. The molecule has 4 heteroatoms. The summed E-state index contributed by atoms with van der Waals surface area (Å²) in [5.74, 6) is 0.231. The monoisotopic (exact) mass is 284 g/mol. The van der Waals surface area contributed by atoms with E-state index in [0.717, 1.165) is 32.4 Å². The van der Waals surface area contributed by atoms with E-state index in [1.54, 1.807) is 0 Å². The van der Waals surface area contributed by atoms with Gasteiger partial charge in [0, 0.05) is 13.1 Å². The zero-order valence-corrected chi connectivity index (χ0v) is 14.1. The van der Waals surface area contributed by atoms with Gasteiger partial charge in [-0.3, -0.25) is 4.79 Å². The molecule has 0 aliphatic heterocycles. The van der Waals surface area contributed by atoms with Crippen molar-refractivity contribution in [1.29, 1.82) is 0 Å².